The second kappa shape index (κ2) is 6.55. The van der Waals surface area contributed by atoms with E-state index in [1.165, 1.54) is 6.26 Å². The van der Waals surface area contributed by atoms with Crippen molar-refractivity contribution < 1.29 is 4.42 Å². The highest BCUT2D eigenvalue weighted by Crippen LogP contribution is 2.53. The molecule has 0 aromatic carbocycles. The van der Waals surface area contributed by atoms with Crippen LogP contribution >= 0.6 is 0 Å². The fourth-order valence-corrected chi connectivity index (χ4v) is 4.19. The van der Waals surface area contributed by atoms with Crippen molar-refractivity contribution in [2.45, 2.75) is 19.3 Å². The van der Waals surface area contributed by atoms with Crippen molar-refractivity contribution in [2.75, 3.05) is 19.6 Å². The first-order valence-electron chi connectivity index (χ1n) is 8.38. The molecule has 1 aromatic rings. The Morgan fingerprint density at radius 1 is 1.36 bits per heavy atom. The van der Waals surface area contributed by atoms with Crippen LogP contribution in [0.5, 0.6) is 0 Å². The molecular formula is C19H19N5O. The molecule has 3 atom stereocenters. The summed E-state index contributed by atoms with van der Waals surface area (Å²) >= 11 is 0. The van der Waals surface area contributed by atoms with Gasteiger partial charge in [0, 0.05) is 24.9 Å². The van der Waals surface area contributed by atoms with Crippen LogP contribution < -0.4 is 0 Å². The molecule has 1 aliphatic heterocycles. The fourth-order valence-electron chi connectivity index (χ4n) is 4.19. The van der Waals surface area contributed by atoms with Crippen LogP contribution in [0.15, 0.2) is 34.7 Å². The minimum absolute atomic E-state index is 0.113. The lowest BCUT2D eigenvalue weighted by molar-refractivity contribution is 0.204. The molecule has 0 saturated heterocycles. The maximum Gasteiger partial charge on any atom is 0.189 e. The normalized spacial score (nSPS) is 28.2. The summed E-state index contributed by atoms with van der Waals surface area (Å²) in [5, 5.41) is 37.8. The van der Waals surface area contributed by atoms with Crippen LogP contribution in [0, 0.1) is 56.7 Å². The molecule has 6 heteroatoms. The maximum atomic E-state index is 9.87. The number of fused-ring (bicyclic) bond motifs is 1. The van der Waals surface area contributed by atoms with Crippen molar-refractivity contribution in [2.24, 2.45) is 17.3 Å². The number of rotatable bonds is 3. The summed E-state index contributed by atoms with van der Waals surface area (Å²) in [5.74, 6) is -1.48. The van der Waals surface area contributed by atoms with Gasteiger partial charge >= 0.3 is 0 Å². The van der Waals surface area contributed by atoms with Gasteiger partial charge in [-0.2, -0.15) is 15.8 Å². The van der Waals surface area contributed by atoms with Crippen molar-refractivity contribution in [3.05, 3.63) is 35.8 Å². The first-order chi connectivity index (χ1) is 12.1. The number of hydrogen-bond donors (Lipinski definition) is 1. The van der Waals surface area contributed by atoms with E-state index in [1.54, 1.807) is 12.3 Å². The van der Waals surface area contributed by atoms with E-state index in [0.29, 0.717) is 6.54 Å². The van der Waals surface area contributed by atoms with Gasteiger partial charge in [-0.25, -0.2) is 0 Å². The van der Waals surface area contributed by atoms with Gasteiger partial charge in [0.25, 0.3) is 0 Å². The van der Waals surface area contributed by atoms with Gasteiger partial charge in [-0.15, -0.1) is 0 Å². The van der Waals surface area contributed by atoms with Crippen LogP contribution in [0.3, 0.4) is 0 Å². The molecule has 0 bridgehead atoms. The molecule has 2 aliphatic rings. The molecule has 1 aromatic heterocycles. The third-order valence-corrected chi connectivity index (χ3v) is 5.31. The fraction of sp³-hybridized carbons (Fsp3) is 0.474. The third kappa shape index (κ3) is 2.45. The second-order valence-electron chi connectivity index (χ2n) is 6.61. The van der Waals surface area contributed by atoms with E-state index in [2.05, 4.69) is 30.0 Å². The molecule has 1 N–H and O–H groups in total. The third-order valence-electron chi connectivity index (χ3n) is 5.31. The Hall–Kier alpha value is -2.88. The molecule has 1 fully saturated rings. The Kier molecular flexibility index (Phi) is 4.45. The minimum atomic E-state index is -1.65. The van der Waals surface area contributed by atoms with Gasteiger partial charge in [-0.1, -0.05) is 13.0 Å². The van der Waals surface area contributed by atoms with Crippen molar-refractivity contribution in [3.8, 4) is 18.2 Å². The molecule has 0 radical (unpaired) electrons. The molecule has 0 amide bonds. The van der Waals surface area contributed by atoms with E-state index < -0.39 is 17.3 Å². The second-order valence-corrected chi connectivity index (χ2v) is 6.61. The smallest absolute Gasteiger partial charge is 0.189 e. The number of hydrogen-bond acceptors (Lipinski definition) is 6. The Labute approximate surface area is 147 Å². The molecular weight excluding hydrogens is 314 g/mol. The predicted molar refractivity (Wildman–Crippen MR) is 90.2 cm³/mol. The molecule has 0 spiro atoms. The van der Waals surface area contributed by atoms with E-state index in [4.69, 9.17) is 9.83 Å². The number of nitrogens with zero attached hydrogens (tertiary/aromatic N) is 4. The number of nitrogens with one attached hydrogen (secondary N) is 1. The van der Waals surface area contributed by atoms with E-state index in [-0.39, 0.29) is 11.6 Å². The van der Waals surface area contributed by atoms with Gasteiger partial charge in [-0.3, -0.25) is 4.90 Å². The number of furan rings is 1. The first-order valence-corrected chi connectivity index (χ1v) is 8.38. The quantitative estimate of drug-likeness (QED) is 0.855. The Bertz CT molecular complexity index is 803. The van der Waals surface area contributed by atoms with Crippen LogP contribution in [-0.4, -0.2) is 30.2 Å². The zero-order chi connectivity index (χ0) is 18.0. The average molecular weight is 333 g/mol. The number of nitriles is 3. The van der Waals surface area contributed by atoms with Crippen LogP contribution in [0.1, 0.15) is 24.8 Å². The lowest BCUT2D eigenvalue weighted by Crippen LogP contribution is -2.52. The highest BCUT2D eigenvalue weighted by Gasteiger charge is 2.57. The van der Waals surface area contributed by atoms with Gasteiger partial charge in [-0.05, 0) is 30.2 Å². The summed E-state index contributed by atoms with van der Waals surface area (Å²) in [4.78, 5) is 2.27. The minimum Gasteiger partial charge on any atom is -0.472 e. The Balaban J connectivity index is 2.18. The maximum absolute atomic E-state index is 9.87. The van der Waals surface area contributed by atoms with E-state index in [9.17, 15) is 15.8 Å². The van der Waals surface area contributed by atoms with Crippen LogP contribution in [0.2, 0.25) is 0 Å². The van der Waals surface area contributed by atoms with E-state index in [0.717, 1.165) is 30.6 Å². The largest absolute Gasteiger partial charge is 0.472 e. The average Bonchev–Trinajstić information content (AvgIpc) is 3.15. The van der Waals surface area contributed by atoms with E-state index >= 15 is 0 Å². The molecule has 3 unspecified atom stereocenters. The highest BCUT2D eigenvalue weighted by atomic mass is 16.3. The Morgan fingerprint density at radius 3 is 2.68 bits per heavy atom. The van der Waals surface area contributed by atoms with Crippen molar-refractivity contribution >= 4 is 5.71 Å². The lowest BCUT2D eigenvalue weighted by atomic mass is 9.54. The summed E-state index contributed by atoms with van der Waals surface area (Å²) < 4.78 is 5.21. The molecule has 25 heavy (non-hydrogen) atoms. The molecule has 6 nitrogen and oxygen atoms in total. The van der Waals surface area contributed by atoms with Crippen molar-refractivity contribution in [3.63, 3.8) is 0 Å². The Morgan fingerprint density at radius 2 is 2.12 bits per heavy atom. The summed E-state index contributed by atoms with van der Waals surface area (Å²) in [6, 6.07) is 8.06. The van der Waals surface area contributed by atoms with Crippen molar-refractivity contribution in [1.82, 2.24) is 4.90 Å². The monoisotopic (exact) mass is 333 g/mol. The highest BCUT2D eigenvalue weighted by molar-refractivity contribution is 6.00. The topological polar surface area (TPSA) is 112 Å². The molecule has 126 valence electrons. The van der Waals surface area contributed by atoms with Gasteiger partial charge in [0.1, 0.15) is 5.92 Å². The zero-order valence-corrected chi connectivity index (χ0v) is 14.1. The molecule has 1 saturated carbocycles. The zero-order valence-electron chi connectivity index (χ0n) is 14.1. The van der Waals surface area contributed by atoms with E-state index in [1.807, 2.05) is 6.08 Å². The molecule has 1 aliphatic carbocycles. The van der Waals surface area contributed by atoms with Crippen LogP contribution in [0.25, 0.3) is 0 Å². The predicted octanol–water partition coefficient (Wildman–Crippen LogP) is 2.84. The first kappa shape index (κ1) is 17.0. The summed E-state index contributed by atoms with van der Waals surface area (Å²) in [7, 11) is 0. The van der Waals surface area contributed by atoms with Crippen LogP contribution in [-0.2, 0) is 0 Å². The summed E-state index contributed by atoms with van der Waals surface area (Å²) in [6.45, 7) is 4.43. The van der Waals surface area contributed by atoms with Gasteiger partial charge in [0.05, 0.1) is 36.4 Å². The SMILES string of the molecule is CCCN1CC=C2C(C#N)C(=N)C(C#N)(C#N)C(c3ccoc3)C2C1. The standard InChI is InChI=1S/C19H19N5O/c1-2-5-24-6-3-14-15(8-20)18(23)19(11-21,12-22)17(16(14)9-24)13-4-7-25-10-13/h3-4,7,10,15-17,23H,2,5-6,9H2,1H3. The summed E-state index contributed by atoms with van der Waals surface area (Å²) in [6.07, 6.45) is 6.08. The van der Waals surface area contributed by atoms with Gasteiger partial charge in [0.15, 0.2) is 5.41 Å². The van der Waals surface area contributed by atoms with Crippen LogP contribution in [0.4, 0.5) is 0 Å². The molecule has 2 heterocycles. The van der Waals surface area contributed by atoms with Gasteiger partial charge < -0.3 is 9.83 Å². The lowest BCUT2D eigenvalue weighted by Gasteiger charge is -2.47. The van der Waals surface area contributed by atoms with Gasteiger partial charge in [0.2, 0.25) is 0 Å². The summed E-state index contributed by atoms with van der Waals surface area (Å²) in [5.41, 5.74) is -0.162. The van der Waals surface area contributed by atoms with Crippen molar-refractivity contribution in [1.29, 1.82) is 21.2 Å². The molecule has 3 rings (SSSR count).